The van der Waals surface area contributed by atoms with Gasteiger partial charge in [-0.2, -0.15) is 0 Å². The highest BCUT2D eigenvalue weighted by Crippen LogP contribution is 2.27. The lowest BCUT2D eigenvalue weighted by Crippen LogP contribution is -2.33. The molecule has 0 amide bonds. The minimum atomic E-state index is -3.43. The van der Waals surface area contributed by atoms with Crippen LogP contribution >= 0.6 is 38.9 Å². The van der Waals surface area contributed by atoms with Crippen LogP contribution in [0.3, 0.4) is 0 Å². The third-order valence-corrected chi connectivity index (χ3v) is 6.30. The van der Waals surface area contributed by atoms with Crippen LogP contribution in [0, 0.1) is 0 Å². The highest BCUT2D eigenvalue weighted by atomic mass is 79.9. The van der Waals surface area contributed by atoms with Gasteiger partial charge in [0, 0.05) is 15.9 Å². The number of halogens is 2. The highest BCUT2D eigenvalue weighted by Gasteiger charge is 2.21. The van der Waals surface area contributed by atoms with Crippen molar-refractivity contribution in [2.75, 3.05) is 0 Å². The van der Waals surface area contributed by atoms with Crippen molar-refractivity contribution >= 4 is 48.9 Å². The smallest absolute Gasteiger partial charge is 0.208 e. The maximum atomic E-state index is 11.9. The number of thiophene rings is 1. The Labute approximate surface area is 113 Å². The minimum absolute atomic E-state index is 0.0514. The molecule has 2 atom stereocenters. The number of hydrogen-bond donors (Lipinski definition) is 1. The van der Waals surface area contributed by atoms with Crippen molar-refractivity contribution in [2.24, 2.45) is 0 Å². The van der Waals surface area contributed by atoms with Crippen LogP contribution in [0.25, 0.3) is 0 Å². The number of alkyl halides is 1. The van der Waals surface area contributed by atoms with Gasteiger partial charge in [-0.1, -0.05) is 0 Å². The van der Waals surface area contributed by atoms with E-state index in [2.05, 4.69) is 20.7 Å². The molecular formula is C9H13BrClNO2S2. The van der Waals surface area contributed by atoms with E-state index >= 15 is 0 Å². The first-order valence-corrected chi connectivity index (χ1v) is 8.31. The average Bonchev–Trinajstić information content (AvgIpc) is 2.48. The summed E-state index contributed by atoms with van der Waals surface area (Å²) in [7, 11) is -3.43. The van der Waals surface area contributed by atoms with Crippen molar-refractivity contribution in [3.05, 3.63) is 15.9 Å². The molecule has 0 spiro atoms. The molecule has 3 nitrogen and oxygen atoms in total. The number of rotatable bonds is 5. The van der Waals surface area contributed by atoms with Gasteiger partial charge in [0.25, 0.3) is 10.0 Å². The lowest BCUT2D eigenvalue weighted by molar-refractivity contribution is 0.547. The van der Waals surface area contributed by atoms with Crippen LogP contribution in [0.2, 0.25) is 0 Å². The molecule has 0 saturated heterocycles. The SMILES string of the molecule is CC(Cl)CC(C)NS(=O)(=O)c1sccc1Br. The maximum Gasteiger partial charge on any atom is 0.251 e. The molecule has 1 N–H and O–H groups in total. The molecular weight excluding hydrogens is 334 g/mol. The summed E-state index contributed by atoms with van der Waals surface area (Å²) in [6.07, 6.45) is 0.601. The topological polar surface area (TPSA) is 46.2 Å². The van der Waals surface area contributed by atoms with Crippen LogP contribution in [0.4, 0.5) is 0 Å². The van der Waals surface area contributed by atoms with Crippen LogP contribution in [0.15, 0.2) is 20.1 Å². The standard InChI is InChI=1S/C9H13BrClNO2S2/c1-6(11)5-7(2)12-16(13,14)9-8(10)3-4-15-9/h3-4,6-7,12H,5H2,1-2H3. The average molecular weight is 347 g/mol. The molecule has 1 heterocycles. The van der Waals surface area contributed by atoms with Gasteiger partial charge in [-0.05, 0) is 47.6 Å². The van der Waals surface area contributed by atoms with Crippen LogP contribution in [-0.2, 0) is 10.0 Å². The summed E-state index contributed by atoms with van der Waals surface area (Å²) in [5.74, 6) is 0. The maximum absolute atomic E-state index is 11.9. The largest absolute Gasteiger partial charge is 0.251 e. The second-order valence-corrected chi connectivity index (χ2v) is 8.02. The van der Waals surface area contributed by atoms with E-state index in [4.69, 9.17) is 11.6 Å². The Morgan fingerprint density at radius 3 is 2.62 bits per heavy atom. The predicted octanol–water partition coefficient (Wildman–Crippen LogP) is 3.19. The fraction of sp³-hybridized carbons (Fsp3) is 0.556. The second kappa shape index (κ2) is 5.82. The van der Waals surface area contributed by atoms with Crippen molar-refractivity contribution in [1.29, 1.82) is 0 Å². The van der Waals surface area contributed by atoms with Crippen molar-refractivity contribution in [1.82, 2.24) is 4.72 Å². The molecule has 7 heteroatoms. The third-order valence-electron chi connectivity index (χ3n) is 1.86. The van der Waals surface area contributed by atoms with Crippen molar-refractivity contribution < 1.29 is 8.42 Å². The predicted molar refractivity (Wildman–Crippen MR) is 71.7 cm³/mol. The highest BCUT2D eigenvalue weighted by molar-refractivity contribution is 9.10. The van der Waals surface area contributed by atoms with Gasteiger partial charge in [0.1, 0.15) is 4.21 Å². The molecule has 92 valence electrons. The van der Waals surface area contributed by atoms with E-state index in [1.54, 1.807) is 18.4 Å². The lowest BCUT2D eigenvalue weighted by Gasteiger charge is -2.14. The summed E-state index contributed by atoms with van der Waals surface area (Å²) in [6.45, 7) is 3.64. The van der Waals surface area contributed by atoms with Gasteiger partial charge < -0.3 is 0 Å². The van der Waals surface area contributed by atoms with Gasteiger partial charge in [0.2, 0.25) is 0 Å². The summed E-state index contributed by atoms with van der Waals surface area (Å²) in [5.41, 5.74) is 0. The van der Waals surface area contributed by atoms with Gasteiger partial charge in [0.15, 0.2) is 0 Å². The normalized spacial score (nSPS) is 16.0. The zero-order chi connectivity index (χ0) is 12.3. The molecule has 16 heavy (non-hydrogen) atoms. The van der Waals surface area contributed by atoms with E-state index in [0.29, 0.717) is 15.1 Å². The zero-order valence-corrected chi connectivity index (χ0v) is 12.9. The Balaban J connectivity index is 2.77. The van der Waals surface area contributed by atoms with Gasteiger partial charge in [-0.25, -0.2) is 13.1 Å². The van der Waals surface area contributed by atoms with E-state index in [1.165, 1.54) is 11.3 Å². The molecule has 0 fully saturated rings. The third kappa shape index (κ3) is 4.00. The first-order valence-electron chi connectivity index (χ1n) is 4.72. The molecule has 0 aliphatic heterocycles. The first kappa shape index (κ1) is 14.4. The molecule has 0 aromatic carbocycles. The Morgan fingerprint density at radius 1 is 1.56 bits per heavy atom. The van der Waals surface area contributed by atoms with Gasteiger partial charge >= 0.3 is 0 Å². The molecule has 1 rings (SSSR count). The van der Waals surface area contributed by atoms with Crippen molar-refractivity contribution in [3.63, 3.8) is 0 Å². The van der Waals surface area contributed by atoms with Gasteiger partial charge in [0.05, 0.1) is 0 Å². The van der Waals surface area contributed by atoms with Crippen LogP contribution in [0.1, 0.15) is 20.3 Å². The van der Waals surface area contributed by atoms with E-state index in [-0.39, 0.29) is 11.4 Å². The number of nitrogens with one attached hydrogen (secondary N) is 1. The minimum Gasteiger partial charge on any atom is -0.208 e. The van der Waals surface area contributed by atoms with Crippen LogP contribution < -0.4 is 4.72 Å². The fourth-order valence-electron chi connectivity index (χ4n) is 1.33. The lowest BCUT2D eigenvalue weighted by atomic mass is 10.2. The number of hydrogen-bond acceptors (Lipinski definition) is 3. The molecule has 1 aromatic heterocycles. The molecule has 0 saturated carbocycles. The fourth-order valence-corrected chi connectivity index (χ4v) is 5.20. The van der Waals surface area contributed by atoms with Gasteiger partial charge in [-0.3, -0.25) is 0 Å². The van der Waals surface area contributed by atoms with E-state index in [1.807, 2.05) is 6.92 Å². The Hall–Kier alpha value is 0.380. The van der Waals surface area contributed by atoms with E-state index in [9.17, 15) is 8.42 Å². The Bertz CT molecular complexity index is 444. The molecule has 0 bridgehead atoms. The zero-order valence-electron chi connectivity index (χ0n) is 8.91. The monoisotopic (exact) mass is 345 g/mol. The summed E-state index contributed by atoms with van der Waals surface area (Å²) >= 11 is 10.2. The first-order chi connectivity index (χ1) is 7.33. The molecule has 1 aromatic rings. The molecule has 2 unspecified atom stereocenters. The second-order valence-electron chi connectivity index (χ2n) is 3.59. The van der Waals surface area contributed by atoms with E-state index in [0.717, 1.165) is 0 Å². The van der Waals surface area contributed by atoms with Crippen LogP contribution in [-0.4, -0.2) is 19.8 Å². The van der Waals surface area contributed by atoms with Gasteiger partial charge in [-0.15, -0.1) is 22.9 Å². The Kier molecular flexibility index (Phi) is 5.25. The summed E-state index contributed by atoms with van der Waals surface area (Å²) in [6, 6.07) is 1.54. The molecule has 0 radical (unpaired) electrons. The Morgan fingerprint density at radius 2 is 2.19 bits per heavy atom. The molecule has 0 aliphatic rings. The van der Waals surface area contributed by atoms with E-state index < -0.39 is 10.0 Å². The summed E-state index contributed by atoms with van der Waals surface area (Å²) in [5, 5.41) is 1.68. The number of sulfonamides is 1. The summed E-state index contributed by atoms with van der Waals surface area (Å²) < 4.78 is 27.4. The molecule has 0 aliphatic carbocycles. The van der Waals surface area contributed by atoms with Crippen molar-refractivity contribution in [3.8, 4) is 0 Å². The quantitative estimate of drug-likeness (QED) is 0.832. The summed E-state index contributed by atoms with van der Waals surface area (Å²) in [4.78, 5) is 0. The van der Waals surface area contributed by atoms with Crippen LogP contribution in [0.5, 0.6) is 0 Å². The van der Waals surface area contributed by atoms with Crippen molar-refractivity contribution in [2.45, 2.75) is 35.9 Å².